The molecule has 2 rings (SSSR count). The summed E-state index contributed by atoms with van der Waals surface area (Å²) < 4.78 is 38.6. The SMILES string of the molecule is CCC1(CC)CN(CC(F)(F)F)c2ccccc2CN1. The van der Waals surface area contributed by atoms with Crippen LogP contribution in [0.3, 0.4) is 0 Å². The van der Waals surface area contributed by atoms with Crippen LogP contribution in [0.15, 0.2) is 24.3 Å². The minimum absolute atomic E-state index is 0.260. The Morgan fingerprint density at radius 1 is 1.20 bits per heavy atom. The monoisotopic (exact) mass is 286 g/mol. The van der Waals surface area contributed by atoms with E-state index in [1.54, 1.807) is 12.1 Å². The zero-order valence-corrected chi connectivity index (χ0v) is 11.9. The first-order valence-corrected chi connectivity index (χ1v) is 7.04. The number of hydrogen-bond acceptors (Lipinski definition) is 2. The van der Waals surface area contributed by atoms with Crippen LogP contribution in [-0.4, -0.2) is 24.8 Å². The van der Waals surface area contributed by atoms with Crippen LogP contribution in [0.25, 0.3) is 0 Å². The minimum Gasteiger partial charge on any atom is -0.360 e. The number of benzene rings is 1. The Hall–Kier alpha value is -1.23. The first kappa shape index (κ1) is 15.2. The van der Waals surface area contributed by atoms with Crippen molar-refractivity contribution < 1.29 is 13.2 Å². The van der Waals surface area contributed by atoms with E-state index in [1.165, 1.54) is 4.90 Å². The van der Waals surface area contributed by atoms with Gasteiger partial charge in [0.1, 0.15) is 6.54 Å². The highest BCUT2D eigenvalue weighted by Gasteiger charge is 2.37. The molecule has 0 saturated carbocycles. The average molecular weight is 286 g/mol. The van der Waals surface area contributed by atoms with Gasteiger partial charge in [-0.15, -0.1) is 0 Å². The van der Waals surface area contributed by atoms with Crippen molar-refractivity contribution in [2.45, 2.75) is 44.9 Å². The average Bonchev–Trinajstić information content (AvgIpc) is 2.56. The van der Waals surface area contributed by atoms with E-state index < -0.39 is 12.7 Å². The van der Waals surface area contributed by atoms with Crippen LogP contribution in [0.2, 0.25) is 0 Å². The number of rotatable bonds is 3. The molecule has 1 aliphatic rings. The molecule has 1 aromatic carbocycles. The van der Waals surface area contributed by atoms with Crippen LogP contribution in [0.4, 0.5) is 18.9 Å². The van der Waals surface area contributed by atoms with Crippen molar-refractivity contribution in [3.8, 4) is 0 Å². The van der Waals surface area contributed by atoms with Gasteiger partial charge < -0.3 is 10.2 Å². The minimum atomic E-state index is -4.19. The first-order chi connectivity index (χ1) is 9.39. The molecule has 2 nitrogen and oxygen atoms in total. The highest BCUT2D eigenvalue weighted by atomic mass is 19.4. The summed E-state index contributed by atoms with van der Waals surface area (Å²) in [5, 5.41) is 3.46. The fourth-order valence-corrected chi connectivity index (χ4v) is 2.84. The van der Waals surface area contributed by atoms with Gasteiger partial charge in [-0.2, -0.15) is 13.2 Å². The molecule has 0 fully saturated rings. The maximum atomic E-state index is 12.9. The predicted molar refractivity (Wildman–Crippen MR) is 74.9 cm³/mol. The van der Waals surface area contributed by atoms with Crippen LogP contribution >= 0.6 is 0 Å². The largest absolute Gasteiger partial charge is 0.405 e. The lowest BCUT2D eigenvalue weighted by Crippen LogP contribution is -2.52. The molecular formula is C15H21F3N2. The van der Waals surface area contributed by atoms with Crippen molar-refractivity contribution in [1.29, 1.82) is 0 Å². The topological polar surface area (TPSA) is 15.3 Å². The third kappa shape index (κ3) is 3.26. The number of fused-ring (bicyclic) bond motifs is 1. The van der Waals surface area contributed by atoms with Crippen molar-refractivity contribution in [2.24, 2.45) is 0 Å². The maximum Gasteiger partial charge on any atom is 0.405 e. The zero-order valence-electron chi connectivity index (χ0n) is 11.9. The van der Waals surface area contributed by atoms with Crippen LogP contribution in [0.5, 0.6) is 0 Å². The molecule has 20 heavy (non-hydrogen) atoms. The van der Waals surface area contributed by atoms with Crippen LogP contribution in [0.1, 0.15) is 32.3 Å². The number of halogens is 3. The second-order valence-corrected chi connectivity index (χ2v) is 5.44. The lowest BCUT2D eigenvalue weighted by Gasteiger charge is -2.37. The molecule has 1 heterocycles. The lowest BCUT2D eigenvalue weighted by molar-refractivity contribution is -0.120. The van der Waals surface area contributed by atoms with E-state index in [-0.39, 0.29) is 5.54 Å². The van der Waals surface area contributed by atoms with E-state index in [0.29, 0.717) is 18.8 Å². The number of hydrogen-bond donors (Lipinski definition) is 1. The molecule has 0 bridgehead atoms. The van der Waals surface area contributed by atoms with Gasteiger partial charge in [0.05, 0.1) is 0 Å². The molecule has 0 saturated heterocycles. The van der Waals surface area contributed by atoms with E-state index in [0.717, 1.165) is 18.4 Å². The van der Waals surface area contributed by atoms with Crippen LogP contribution in [0, 0.1) is 0 Å². The zero-order chi connectivity index (χ0) is 14.8. The highest BCUT2D eigenvalue weighted by molar-refractivity contribution is 5.55. The van der Waals surface area contributed by atoms with Gasteiger partial charge in [-0.3, -0.25) is 0 Å². The number of nitrogens with zero attached hydrogens (tertiary/aromatic N) is 1. The number of alkyl halides is 3. The Morgan fingerprint density at radius 3 is 2.45 bits per heavy atom. The van der Waals surface area contributed by atoms with E-state index in [1.807, 2.05) is 26.0 Å². The van der Waals surface area contributed by atoms with Crippen LogP contribution in [-0.2, 0) is 6.54 Å². The molecule has 1 aliphatic heterocycles. The summed E-state index contributed by atoms with van der Waals surface area (Å²) >= 11 is 0. The van der Waals surface area contributed by atoms with Crippen LogP contribution < -0.4 is 10.2 Å². The predicted octanol–water partition coefficient (Wildman–Crippen LogP) is 3.72. The Morgan fingerprint density at radius 2 is 1.85 bits per heavy atom. The van der Waals surface area contributed by atoms with Gasteiger partial charge in [0.2, 0.25) is 0 Å². The fourth-order valence-electron chi connectivity index (χ4n) is 2.84. The second-order valence-electron chi connectivity index (χ2n) is 5.44. The molecule has 0 amide bonds. The van der Waals surface area contributed by atoms with Crippen molar-refractivity contribution in [3.63, 3.8) is 0 Å². The van der Waals surface area contributed by atoms with E-state index in [9.17, 15) is 13.2 Å². The van der Waals surface area contributed by atoms with Gasteiger partial charge in [-0.25, -0.2) is 0 Å². The molecule has 0 radical (unpaired) electrons. The maximum absolute atomic E-state index is 12.9. The first-order valence-electron chi connectivity index (χ1n) is 7.04. The summed E-state index contributed by atoms with van der Waals surface area (Å²) in [5.41, 5.74) is 1.37. The van der Waals surface area contributed by atoms with Gasteiger partial charge in [0.25, 0.3) is 0 Å². The molecule has 1 aromatic rings. The van der Waals surface area contributed by atoms with Crippen molar-refractivity contribution in [3.05, 3.63) is 29.8 Å². The molecule has 0 spiro atoms. The third-order valence-corrected chi connectivity index (χ3v) is 4.20. The Labute approximate surface area is 118 Å². The molecule has 0 atom stereocenters. The summed E-state index contributed by atoms with van der Waals surface area (Å²) in [4.78, 5) is 1.47. The van der Waals surface area contributed by atoms with Gasteiger partial charge >= 0.3 is 6.18 Å². The Kier molecular flexibility index (Phi) is 4.28. The highest BCUT2D eigenvalue weighted by Crippen LogP contribution is 2.31. The normalized spacial score (nSPS) is 18.6. The quantitative estimate of drug-likeness (QED) is 0.911. The van der Waals surface area contributed by atoms with Gasteiger partial charge in [-0.05, 0) is 24.5 Å². The molecule has 0 aliphatic carbocycles. The number of nitrogens with one attached hydrogen (secondary N) is 1. The van der Waals surface area contributed by atoms with Crippen molar-refractivity contribution >= 4 is 5.69 Å². The van der Waals surface area contributed by atoms with Crippen molar-refractivity contribution in [2.75, 3.05) is 18.0 Å². The third-order valence-electron chi connectivity index (χ3n) is 4.20. The van der Waals surface area contributed by atoms with Gasteiger partial charge in [-0.1, -0.05) is 32.0 Å². The summed E-state index contributed by atoms with van der Waals surface area (Å²) in [6.07, 6.45) is -2.57. The standard InChI is InChI=1S/C15H21F3N2/c1-3-14(4-2)10-20(11-15(16,17)18)13-8-6-5-7-12(13)9-19-14/h5-8,19H,3-4,9-11H2,1-2H3. The molecule has 5 heteroatoms. The molecule has 1 N–H and O–H groups in total. The Bertz CT molecular complexity index is 453. The van der Waals surface area contributed by atoms with Gasteiger partial charge in [0, 0.05) is 24.3 Å². The lowest BCUT2D eigenvalue weighted by atomic mass is 9.92. The fraction of sp³-hybridized carbons (Fsp3) is 0.600. The summed E-state index contributed by atoms with van der Waals surface area (Å²) in [7, 11) is 0. The van der Waals surface area contributed by atoms with E-state index in [4.69, 9.17) is 0 Å². The van der Waals surface area contributed by atoms with E-state index in [2.05, 4.69) is 5.32 Å². The molecular weight excluding hydrogens is 265 g/mol. The Balaban J connectivity index is 2.37. The molecule has 0 unspecified atom stereocenters. The van der Waals surface area contributed by atoms with E-state index >= 15 is 0 Å². The number of para-hydroxylation sites is 1. The summed E-state index contributed by atoms with van der Waals surface area (Å²) in [6, 6.07) is 7.35. The number of anilines is 1. The summed E-state index contributed by atoms with van der Waals surface area (Å²) in [5.74, 6) is 0. The van der Waals surface area contributed by atoms with Gasteiger partial charge in [0.15, 0.2) is 0 Å². The molecule has 112 valence electrons. The molecule has 0 aromatic heterocycles. The smallest absolute Gasteiger partial charge is 0.360 e. The summed E-state index contributed by atoms with van der Waals surface area (Å²) in [6.45, 7) is 4.16. The second kappa shape index (κ2) is 5.64. The van der Waals surface area contributed by atoms with Crippen molar-refractivity contribution in [1.82, 2.24) is 5.32 Å².